The summed E-state index contributed by atoms with van der Waals surface area (Å²) in [7, 11) is 1.71. The Morgan fingerprint density at radius 1 is 1.50 bits per heavy atom. The van der Waals surface area contributed by atoms with Crippen LogP contribution in [0.1, 0.15) is 17.7 Å². The molecule has 0 aliphatic rings. The highest BCUT2D eigenvalue weighted by Gasteiger charge is 2.08. The third-order valence-electron chi connectivity index (χ3n) is 2.78. The van der Waals surface area contributed by atoms with E-state index in [4.69, 9.17) is 22.7 Å². The van der Waals surface area contributed by atoms with Crippen molar-refractivity contribution in [2.75, 3.05) is 26.8 Å². The first-order chi connectivity index (χ1) is 8.63. The summed E-state index contributed by atoms with van der Waals surface area (Å²) in [5.74, 6) is 0. The molecule has 0 aromatic carbocycles. The number of hydrogen-bond acceptors (Lipinski definition) is 4. The highest BCUT2D eigenvalue weighted by Crippen LogP contribution is 2.07. The zero-order chi connectivity index (χ0) is 13.4. The van der Waals surface area contributed by atoms with E-state index < -0.39 is 0 Å². The second kappa shape index (κ2) is 8.13. The minimum atomic E-state index is 0.551. The van der Waals surface area contributed by atoms with E-state index in [1.165, 1.54) is 5.56 Å². The summed E-state index contributed by atoms with van der Waals surface area (Å²) < 4.78 is 5.12. The molecule has 18 heavy (non-hydrogen) atoms. The predicted octanol–water partition coefficient (Wildman–Crippen LogP) is 1.51. The van der Waals surface area contributed by atoms with Gasteiger partial charge in [-0.15, -0.1) is 0 Å². The van der Waals surface area contributed by atoms with Gasteiger partial charge in [-0.05, 0) is 18.6 Å². The van der Waals surface area contributed by atoms with Gasteiger partial charge in [0.2, 0.25) is 0 Å². The van der Waals surface area contributed by atoms with Crippen molar-refractivity contribution >= 4 is 17.2 Å². The van der Waals surface area contributed by atoms with Crippen molar-refractivity contribution in [1.82, 2.24) is 9.88 Å². The van der Waals surface area contributed by atoms with Crippen LogP contribution in [0.5, 0.6) is 0 Å². The number of nitrogens with zero attached hydrogens (tertiary/aromatic N) is 2. The van der Waals surface area contributed by atoms with Crippen LogP contribution < -0.4 is 5.73 Å². The molecule has 4 nitrogen and oxygen atoms in total. The van der Waals surface area contributed by atoms with E-state index in [-0.39, 0.29) is 0 Å². The maximum atomic E-state index is 5.55. The average Bonchev–Trinajstić information content (AvgIpc) is 2.35. The van der Waals surface area contributed by atoms with Crippen molar-refractivity contribution in [1.29, 1.82) is 0 Å². The summed E-state index contributed by atoms with van der Waals surface area (Å²) in [6.07, 6.45) is 2.55. The molecule has 0 atom stereocenters. The van der Waals surface area contributed by atoms with Crippen LogP contribution in [0.15, 0.2) is 18.3 Å². The molecule has 2 N–H and O–H groups in total. The number of nitrogens with two attached hydrogens (primary N) is 1. The van der Waals surface area contributed by atoms with Gasteiger partial charge in [-0.1, -0.05) is 18.3 Å². The first-order valence-corrected chi connectivity index (χ1v) is 6.44. The van der Waals surface area contributed by atoms with Crippen LogP contribution in [0.25, 0.3) is 0 Å². The Hall–Kier alpha value is -1.04. The molecule has 0 aliphatic heterocycles. The maximum absolute atomic E-state index is 5.55. The minimum Gasteiger partial charge on any atom is -0.393 e. The quantitative estimate of drug-likeness (QED) is 0.724. The zero-order valence-corrected chi connectivity index (χ0v) is 11.9. The van der Waals surface area contributed by atoms with Crippen LogP contribution in [0, 0.1) is 6.92 Å². The molecule has 0 saturated carbocycles. The van der Waals surface area contributed by atoms with E-state index in [9.17, 15) is 0 Å². The lowest BCUT2D eigenvalue weighted by Gasteiger charge is -2.22. The van der Waals surface area contributed by atoms with E-state index in [1.807, 2.05) is 12.3 Å². The summed E-state index contributed by atoms with van der Waals surface area (Å²) in [4.78, 5) is 7.22. The highest BCUT2D eigenvalue weighted by molar-refractivity contribution is 7.80. The Labute approximate surface area is 114 Å². The zero-order valence-electron chi connectivity index (χ0n) is 11.1. The van der Waals surface area contributed by atoms with Crippen molar-refractivity contribution in [3.05, 3.63) is 29.6 Å². The van der Waals surface area contributed by atoms with Gasteiger partial charge in [0, 0.05) is 39.4 Å². The predicted molar refractivity (Wildman–Crippen MR) is 77.5 cm³/mol. The SMILES string of the molecule is COCCN(CCC(N)=S)Cc1ncccc1C. The first kappa shape index (κ1) is 15.0. The normalized spacial score (nSPS) is 10.8. The van der Waals surface area contributed by atoms with Gasteiger partial charge in [-0.2, -0.15) is 0 Å². The number of methoxy groups -OCH3 is 1. The van der Waals surface area contributed by atoms with E-state index in [0.717, 1.165) is 31.7 Å². The first-order valence-electron chi connectivity index (χ1n) is 6.03. The number of ether oxygens (including phenoxy) is 1. The average molecular weight is 267 g/mol. The van der Waals surface area contributed by atoms with Crippen LogP contribution in [-0.4, -0.2) is 41.7 Å². The van der Waals surface area contributed by atoms with Crippen LogP contribution in [0.3, 0.4) is 0 Å². The Morgan fingerprint density at radius 3 is 2.89 bits per heavy atom. The second-order valence-corrected chi connectivity index (χ2v) is 4.78. The Bertz CT molecular complexity index is 384. The molecule has 0 aliphatic carbocycles. The van der Waals surface area contributed by atoms with Gasteiger partial charge in [0.15, 0.2) is 0 Å². The summed E-state index contributed by atoms with van der Waals surface area (Å²) in [6.45, 7) is 5.27. The molecule has 1 heterocycles. The van der Waals surface area contributed by atoms with Gasteiger partial charge in [0.1, 0.15) is 0 Å². The van der Waals surface area contributed by atoms with E-state index in [1.54, 1.807) is 7.11 Å². The molecule has 5 heteroatoms. The Kier molecular flexibility index (Phi) is 6.78. The molecule has 100 valence electrons. The smallest absolute Gasteiger partial charge is 0.0740 e. The maximum Gasteiger partial charge on any atom is 0.0740 e. The summed E-state index contributed by atoms with van der Waals surface area (Å²) >= 11 is 4.92. The molecule has 0 unspecified atom stereocenters. The minimum absolute atomic E-state index is 0.551. The van der Waals surface area contributed by atoms with Crippen molar-refractivity contribution < 1.29 is 4.74 Å². The molecule has 1 aromatic rings. The van der Waals surface area contributed by atoms with Gasteiger partial charge in [-0.3, -0.25) is 9.88 Å². The van der Waals surface area contributed by atoms with Crippen LogP contribution in [0.2, 0.25) is 0 Å². The van der Waals surface area contributed by atoms with Crippen molar-refractivity contribution in [2.24, 2.45) is 5.73 Å². The lowest BCUT2D eigenvalue weighted by Crippen LogP contribution is -2.31. The number of aromatic nitrogens is 1. The standard InChI is InChI=1S/C13H21N3OS/c1-11-4-3-6-15-12(11)10-16(8-9-17-2)7-5-13(14)18/h3-4,6H,5,7-10H2,1-2H3,(H2,14,18). The van der Waals surface area contributed by atoms with Crippen LogP contribution in [0.4, 0.5) is 0 Å². The lowest BCUT2D eigenvalue weighted by atomic mass is 10.2. The van der Waals surface area contributed by atoms with E-state index in [0.29, 0.717) is 11.6 Å². The Balaban J connectivity index is 2.59. The molecule has 1 rings (SSSR count). The van der Waals surface area contributed by atoms with Gasteiger partial charge < -0.3 is 10.5 Å². The number of pyridine rings is 1. The largest absolute Gasteiger partial charge is 0.393 e. The molecular formula is C13H21N3OS. The van der Waals surface area contributed by atoms with Gasteiger partial charge >= 0.3 is 0 Å². The third kappa shape index (κ3) is 5.53. The topological polar surface area (TPSA) is 51.4 Å². The van der Waals surface area contributed by atoms with Crippen molar-refractivity contribution in [2.45, 2.75) is 19.9 Å². The molecule has 1 aromatic heterocycles. The van der Waals surface area contributed by atoms with Crippen molar-refractivity contribution in [3.63, 3.8) is 0 Å². The van der Waals surface area contributed by atoms with Gasteiger partial charge in [0.25, 0.3) is 0 Å². The number of thiocarbonyl (C=S) groups is 1. The monoisotopic (exact) mass is 267 g/mol. The third-order valence-corrected chi connectivity index (χ3v) is 2.98. The molecule has 0 fully saturated rings. The molecule has 0 amide bonds. The summed E-state index contributed by atoms with van der Waals surface area (Å²) in [5, 5.41) is 0. The van der Waals surface area contributed by atoms with Crippen molar-refractivity contribution in [3.8, 4) is 0 Å². The number of hydrogen-bond donors (Lipinski definition) is 1. The molecule has 0 spiro atoms. The fraction of sp³-hybridized carbons (Fsp3) is 0.538. The summed E-state index contributed by atoms with van der Waals surface area (Å²) in [6, 6.07) is 4.03. The fourth-order valence-corrected chi connectivity index (χ4v) is 1.75. The van der Waals surface area contributed by atoms with Gasteiger partial charge in [-0.25, -0.2) is 0 Å². The van der Waals surface area contributed by atoms with Crippen LogP contribution in [-0.2, 0) is 11.3 Å². The van der Waals surface area contributed by atoms with Gasteiger partial charge in [0.05, 0.1) is 17.3 Å². The molecule has 0 radical (unpaired) electrons. The van der Waals surface area contributed by atoms with Crippen LogP contribution >= 0.6 is 12.2 Å². The number of rotatable bonds is 8. The molecule has 0 bridgehead atoms. The van der Waals surface area contributed by atoms with E-state index >= 15 is 0 Å². The van der Waals surface area contributed by atoms with E-state index in [2.05, 4.69) is 22.9 Å². The number of aryl methyl sites for hydroxylation is 1. The molecular weight excluding hydrogens is 246 g/mol. The summed E-state index contributed by atoms with van der Waals surface area (Å²) in [5.41, 5.74) is 7.85. The fourth-order valence-electron chi connectivity index (χ4n) is 1.65. The molecule has 0 saturated heterocycles. The second-order valence-electron chi connectivity index (χ2n) is 4.25. The highest BCUT2D eigenvalue weighted by atomic mass is 32.1. The lowest BCUT2D eigenvalue weighted by molar-refractivity contribution is 0.145. The Morgan fingerprint density at radius 2 is 2.28 bits per heavy atom.